The smallest absolute Gasteiger partial charge is 0.407 e. The molecular weight excluding hydrogens is 428 g/mol. The van der Waals surface area contributed by atoms with E-state index in [1.54, 1.807) is 20.8 Å². The second-order valence-electron chi connectivity index (χ2n) is 7.60. The Labute approximate surface area is 164 Å². The summed E-state index contributed by atoms with van der Waals surface area (Å²) in [6.07, 6.45) is -1.57. The van der Waals surface area contributed by atoms with Crippen LogP contribution < -0.4 is 10.6 Å². The molecule has 0 aromatic heterocycles. The van der Waals surface area contributed by atoms with Crippen LogP contribution in [-0.2, 0) is 4.74 Å². The Hall–Kier alpha value is -1.97. The summed E-state index contributed by atoms with van der Waals surface area (Å²) in [5.74, 6) is -3.02. The number of nitro groups is 1. The lowest BCUT2D eigenvalue weighted by atomic mass is 9.87. The number of alkyl halides is 2. The Kier molecular flexibility index (Phi) is 6.28. The molecule has 1 aliphatic carbocycles. The van der Waals surface area contributed by atoms with Gasteiger partial charge in [-0.2, -0.15) is 0 Å². The lowest BCUT2D eigenvalue weighted by Crippen LogP contribution is -2.49. The molecule has 1 aromatic rings. The Morgan fingerprint density at radius 1 is 1.33 bits per heavy atom. The first kappa shape index (κ1) is 21.3. The Balaban J connectivity index is 2.12. The van der Waals surface area contributed by atoms with Crippen LogP contribution in [-0.4, -0.2) is 34.6 Å². The van der Waals surface area contributed by atoms with Crippen LogP contribution in [0.3, 0.4) is 0 Å². The van der Waals surface area contributed by atoms with E-state index in [0.29, 0.717) is 4.47 Å². The first-order chi connectivity index (χ1) is 12.3. The van der Waals surface area contributed by atoms with Crippen LogP contribution in [0.2, 0.25) is 0 Å². The fourth-order valence-electron chi connectivity index (χ4n) is 3.01. The van der Waals surface area contributed by atoms with E-state index in [-0.39, 0.29) is 17.8 Å². The van der Waals surface area contributed by atoms with Crippen molar-refractivity contribution in [3.8, 4) is 0 Å². The van der Waals surface area contributed by atoms with Crippen LogP contribution in [0.5, 0.6) is 0 Å². The van der Waals surface area contributed by atoms with Gasteiger partial charge in [-0.15, -0.1) is 0 Å². The molecule has 7 nitrogen and oxygen atoms in total. The van der Waals surface area contributed by atoms with Gasteiger partial charge in [0, 0.05) is 35.5 Å². The summed E-state index contributed by atoms with van der Waals surface area (Å²) >= 11 is 3.22. The fraction of sp³-hybridized carbons (Fsp3) is 0.588. The van der Waals surface area contributed by atoms with Gasteiger partial charge in [-0.3, -0.25) is 10.1 Å². The summed E-state index contributed by atoms with van der Waals surface area (Å²) in [7, 11) is 0. The van der Waals surface area contributed by atoms with Crippen LogP contribution >= 0.6 is 15.9 Å². The Bertz CT molecular complexity index is 725. The van der Waals surface area contributed by atoms with E-state index < -0.39 is 47.5 Å². The molecule has 1 amide bonds. The van der Waals surface area contributed by atoms with E-state index in [1.165, 1.54) is 18.2 Å². The summed E-state index contributed by atoms with van der Waals surface area (Å²) in [5, 5.41) is 16.5. The standard InChI is InChI=1S/C17H22BrF2N3O4/c1-16(2,3)27-15(24)22-12-7-11(8-17(19,20)9-12)21-13-6-10(18)4-5-14(13)23(25)26/h4-6,11-12,21H,7-9H2,1-3H3,(H,22,24). The molecular formula is C17H22BrF2N3O4. The largest absolute Gasteiger partial charge is 0.444 e. The number of alkyl carbamates (subject to hydrolysis) is 1. The van der Waals surface area contributed by atoms with E-state index in [1.807, 2.05) is 0 Å². The number of nitro benzene ring substituents is 1. The van der Waals surface area contributed by atoms with Gasteiger partial charge in [-0.25, -0.2) is 13.6 Å². The van der Waals surface area contributed by atoms with Crippen molar-refractivity contribution >= 4 is 33.4 Å². The molecule has 1 aromatic carbocycles. The maximum atomic E-state index is 14.2. The van der Waals surface area contributed by atoms with E-state index >= 15 is 0 Å². The van der Waals surface area contributed by atoms with E-state index in [2.05, 4.69) is 26.6 Å². The number of hydrogen-bond acceptors (Lipinski definition) is 5. The van der Waals surface area contributed by atoms with Gasteiger partial charge in [0.25, 0.3) is 11.6 Å². The van der Waals surface area contributed by atoms with Crippen molar-refractivity contribution in [3.63, 3.8) is 0 Å². The van der Waals surface area contributed by atoms with E-state index in [4.69, 9.17) is 4.74 Å². The fourth-order valence-corrected chi connectivity index (χ4v) is 3.37. The molecule has 150 valence electrons. The second-order valence-corrected chi connectivity index (χ2v) is 8.52. The molecule has 2 N–H and O–H groups in total. The minimum Gasteiger partial charge on any atom is -0.444 e. The summed E-state index contributed by atoms with van der Waals surface area (Å²) in [4.78, 5) is 22.5. The zero-order valence-corrected chi connectivity index (χ0v) is 16.8. The minimum absolute atomic E-state index is 0.146. The van der Waals surface area contributed by atoms with Crippen LogP contribution in [0.15, 0.2) is 22.7 Å². The van der Waals surface area contributed by atoms with Gasteiger partial charge in [0.15, 0.2) is 0 Å². The van der Waals surface area contributed by atoms with Crippen molar-refractivity contribution in [1.82, 2.24) is 5.32 Å². The normalized spacial score (nSPS) is 22.0. The predicted octanol–water partition coefficient (Wildman–Crippen LogP) is 4.85. The number of benzene rings is 1. The number of amides is 1. The van der Waals surface area contributed by atoms with Crippen LogP contribution in [0.4, 0.5) is 25.0 Å². The molecule has 0 saturated heterocycles. The highest BCUT2D eigenvalue weighted by Gasteiger charge is 2.42. The number of ether oxygens (including phenoxy) is 1. The monoisotopic (exact) mass is 449 g/mol. The van der Waals surface area contributed by atoms with Gasteiger partial charge in [0.05, 0.1) is 4.92 Å². The van der Waals surface area contributed by atoms with Crippen molar-refractivity contribution < 1.29 is 23.2 Å². The van der Waals surface area contributed by atoms with Crippen molar-refractivity contribution in [1.29, 1.82) is 0 Å². The molecule has 0 bridgehead atoms. The van der Waals surface area contributed by atoms with Gasteiger partial charge in [-0.1, -0.05) is 15.9 Å². The summed E-state index contributed by atoms with van der Waals surface area (Å²) in [6.45, 7) is 5.04. The number of anilines is 1. The summed E-state index contributed by atoms with van der Waals surface area (Å²) in [6, 6.07) is 2.71. The average molecular weight is 450 g/mol. The maximum absolute atomic E-state index is 14.2. The van der Waals surface area contributed by atoms with Crippen molar-refractivity contribution in [2.75, 3.05) is 5.32 Å². The molecule has 0 aliphatic heterocycles. The van der Waals surface area contributed by atoms with Gasteiger partial charge >= 0.3 is 6.09 Å². The SMILES string of the molecule is CC(C)(C)OC(=O)NC1CC(Nc2cc(Br)ccc2[N+](=O)[O-])CC(F)(F)C1. The number of halogens is 3. The number of nitrogens with zero attached hydrogens (tertiary/aromatic N) is 1. The third kappa shape index (κ3) is 6.60. The number of nitrogens with one attached hydrogen (secondary N) is 2. The van der Waals surface area contributed by atoms with Crippen molar-refractivity contribution in [2.45, 2.75) is 63.6 Å². The third-order valence-corrected chi connectivity index (χ3v) is 4.39. The minimum atomic E-state index is -3.02. The molecule has 2 rings (SSSR count). The molecule has 27 heavy (non-hydrogen) atoms. The zero-order valence-electron chi connectivity index (χ0n) is 15.2. The van der Waals surface area contributed by atoms with Crippen LogP contribution in [0.1, 0.15) is 40.0 Å². The van der Waals surface area contributed by atoms with Crippen LogP contribution in [0, 0.1) is 10.1 Å². The highest BCUT2D eigenvalue weighted by atomic mass is 79.9. The Morgan fingerprint density at radius 3 is 2.56 bits per heavy atom. The first-order valence-electron chi connectivity index (χ1n) is 8.42. The molecule has 1 saturated carbocycles. The first-order valence-corrected chi connectivity index (χ1v) is 9.22. The number of carbonyl (C=O) groups excluding carboxylic acids is 1. The third-order valence-electron chi connectivity index (χ3n) is 3.89. The highest BCUT2D eigenvalue weighted by Crippen LogP contribution is 2.37. The van der Waals surface area contributed by atoms with Gasteiger partial charge in [0.2, 0.25) is 0 Å². The van der Waals surface area contributed by atoms with Gasteiger partial charge in [-0.05, 0) is 39.3 Å². The lowest BCUT2D eigenvalue weighted by molar-refractivity contribution is -0.384. The van der Waals surface area contributed by atoms with Gasteiger partial charge in [0.1, 0.15) is 11.3 Å². The molecule has 2 unspecified atom stereocenters. The predicted molar refractivity (Wildman–Crippen MR) is 100 cm³/mol. The molecule has 2 atom stereocenters. The van der Waals surface area contributed by atoms with Crippen molar-refractivity contribution in [3.05, 3.63) is 32.8 Å². The molecule has 10 heteroatoms. The quantitative estimate of drug-likeness (QED) is 0.505. The van der Waals surface area contributed by atoms with Gasteiger partial charge < -0.3 is 15.4 Å². The topological polar surface area (TPSA) is 93.5 Å². The molecule has 1 aliphatic rings. The number of carbonyl (C=O) groups is 1. The average Bonchev–Trinajstić information content (AvgIpc) is 2.42. The summed E-state index contributed by atoms with van der Waals surface area (Å²) in [5.41, 5.74) is -0.799. The zero-order chi connectivity index (χ0) is 20.4. The Morgan fingerprint density at radius 2 is 1.96 bits per heavy atom. The highest BCUT2D eigenvalue weighted by molar-refractivity contribution is 9.10. The molecule has 0 spiro atoms. The molecule has 1 fully saturated rings. The number of hydrogen-bond donors (Lipinski definition) is 2. The second kappa shape index (κ2) is 7.95. The molecule has 0 heterocycles. The van der Waals surface area contributed by atoms with Crippen LogP contribution in [0.25, 0.3) is 0 Å². The van der Waals surface area contributed by atoms with Crippen molar-refractivity contribution in [2.24, 2.45) is 0 Å². The summed E-state index contributed by atoms with van der Waals surface area (Å²) < 4.78 is 34.0. The lowest BCUT2D eigenvalue weighted by Gasteiger charge is -2.36. The maximum Gasteiger partial charge on any atom is 0.407 e. The van der Waals surface area contributed by atoms with E-state index in [0.717, 1.165) is 0 Å². The van der Waals surface area contributed by atoms with E-state index in [9.17, 15) is 23.7 Å². The number of rotatable bonds is 4. The molecule has 0 radical (unpaired) electrons.